The summed E-state index contributed by atoms with van der Waals surface area (Å²) in [6, 6.07) is 2.64. The van der Waals surface area contributed by atoms with Crippen molar-refractivity contribution in [1.29, 1.82) is 0 Å². The number of aryl methyl sites for hydroxylation is 2. The van der Waals surface area contributed by atoms with Crippen LogP contribution < -0.4 is 0 Å². The molecule has 0 fully saturated rings. The van der Waals surface area contributed by atoms with E-state index in [0.29, 0.717) is 11.1 Å². The smallest absolute Gasteiger partial charge is 0.266 e. The lowest BCUT2D eigenvalue weighted by atomic mass is 9.99. The molecule has 0 spiro atoms. The first-order valence-corrected chi connectivity index (χ1v) is 11.2. The molecule has 0 saturated carbocycles. The molecule has 6 nitrogen and oxygen atoms in total. The molecule has 1 rings (SSSR count). The van der Waals surface area contributed by atoms with Gasteiger partial charge in [0.1, 0.15) is 0 Å². The number of hydrogen-bond donors (Lipinski definition) is 0. The molecule has 0 aliphatic carbocycles. The topological polar surface area (TPSA) is 86.7 Å². The lowest BCUT2D eigenvalue weighted by Crippen LogP contribution is -2.21. The van der Waals surface area contributed by atoms with Gasteiger partial charge in [-0.25, -0.2) is 0 Å². The van der Waals surface area contributed by atoms with E-state index in [0.717, 1.165) is 0 Å². The van der Waals surface area contributed by atoms with Crippen LogP contribution in [0.15, 0.2) is 21.9 Å². The average Bonchev–Trinajstić information content (AvgIpc) is 2.44. The molecule has 150 valence electrons. The molecule has 8 heteroatoms. The Labute approximate surface area is 158 Å². The van der Waals surface area contributed by atoms with Gasteiger partial charge < -0.3 is 0 Å². The Balaban J connectivity index is 3.23. The molecular weight excluding hydrogens is 376 g/mol. The van der Waals surface area contributed by atoms with Gasteiger partial charge in [-0.1, -0.05) is 41.5 Å². The van der Waals surface area contributed by atoms with Crippen molar-refractivity contribution < 1.29 is 25.2 Å². The summed E-state index contributed by atoms with van der Waals surface area (Å²) < 4.78 is 60.1. The maximum absolute atomic E-state index is 12.5. The molecule has 0 aromatic heterocycles. The molecule has 0 aliphatic heterocycles. The molecule has 1 aromatic carbocycles. The number of rotatable bonds is 6. The van der Waals surface area contributed by atoms with Crippen molar-refractivity contribution in [3.63, 3.8) is 0 Å². The molecular formula is C18H30O6S2. The van der Waals surface area contributed by atoms with Crippen LogP contribution in [0.25, 0.3) is 0 Å². The first-order valence-electron chi connectivity index (χ1n) is 8.35. The lowest BCUT2D eigenvalue weighted by molar-refractivity contribution is 0.202. The maximum atomic E-state index is 12.5. The van der Waals surface area contributed by atoms with Crippen molar-refractivity contribution in [2.45, 2.75) is 65.2 Å². The van der Waals surface area contributed by atoms with Gasteiger partial charge in [0.05, 0.1) is 23.0 Å². The minimum absolute atomic E-state index is 0.0303. The highest BCUT2D eigenvalue weighted by atomic mass is 32.2. The molecule has 0 bridgehead atoms. The maximum Gasteiger partial charge on any atom is 0.297 e. The standard InChI is InChI=1S/C18H30O6S2/c1-13-9-16(26(21,22)24-12-18(6,7)8)14(2)10-15(13)25(19,20)23-11-17(3,4)5/h9-10H,11-12H2,1-8H3. The van der Waals surface area contributed by atoms with E-state index in [-0.39, 0.29) is 33.8 Å². The van der Waals surface area contributed by atoms with Crippen LogP contribution in [-0.4, -0.2) is 30.0 Å². The minimum atomic E-state index is -3.98. The normalized spacial score (nSPS) is 13.8. The Morgan fingerprint density at radius 3 is 1.19 bits per heavy atom. The molecule has 0 unspecified atom stereocenters. The lowest BCUT2D eigenvalue weighted by Gasteiger charge is -2.20. The van der Waals surface area contributed by atoms with Crippen LogP contribution in [0.3, 0.4) is 0 Å². The second-order valence-corrected chi connectivity index (χ2v) is 12.1. The average molecular weight is 407 g/mol. The third-order valence-electron chi connectivity index (χ3n) is 3.31. The van der Waals surface area contributed by atoms with Gasteiger partial charge in [-0.2, -0.15) is 16.8 Å². The monoisotopic (exact) mass is 406 g/mol. The fourth-order valence-corrected chi connectivity index (χ4v) is 4.76. The fourth-order valence-electron chi connectivity index (χ4n) is 1.94. The van der Waals surface area contributed by atoms with Gasteiger partial charge in [-0.05, 0) is 47.9 Å². The Kier molecular flexibility index (Phi) is 6.73. The third kappa shape index (κ3) is 6.64. The van der Waals surface area contributed by atoms with E-state index in [1.165, 1.54) is 26.0 Å². The number of hydrogen-bond acceptors (Lipinski definition) is 6. The van der Waals surface area contributed by atoms with E-state index in [2.05, 4.69) is 0 Å². The van der Waals surface area contributed by atoms with Crippen LogP contribution in [-0.2, 0) is 28.6 Å². The van der Waals surface area contributed by atoms with Crippen LogP contribution in [0.1, 0.15) is 52.7 Å². The van der Waals surface area contributed by atoms with Crippen LogP contribution in [0.2, 0.25) is 0 Å². The SMILES string of the molecule is Cc1cc(S(=O)(=O)OCC(C)(C)C)c(C)cc1S(=O)(=O)OCC(C)(C)C. The highest BCUT2D eigenvalue weighted by Gasteiger charge is 2.27. The van der Waals surface area contributed by atoms with Crippen molar-refractivity contribution in [3.05, 3.63) is 23.3 Å². The summed E-state index contributed by atoms with van der Waals surface area (Å²) in [5.74, 6) is 0. The summed E-state index contributed by atoms with van der Waals surface area (Å²) >= 11 is 0. The molecule has 26 heavy (non-hydrogen) atoms. The van der Waals surface area contributed by atoms with Gasteiger partial charge in [0, 0.05) is 0 Å². The molecule has 0 atom stereocenters. The second kappa shape index (κ2) is 7.58. The van der Waals surface area contributed by atoms with Gasteiger partial charge in [-0.15, -0.1) is 0 Å². The largest absolute Gasteiger partial charge is 0.297 e. The van der Waals surface area contributed by atoms with Crippen LogP contribution in [0, 0.1) is 24.7 Å². The van der Waals surface area contributed by atoms with Crippen molar-refractivity contribution in [1.82, 2.24) is 0 Å². The third-order valence-corrected chi connectivity index (χ3v) is 6.12. The predicted molar refractivity (Wildman–Crippen MR) is 101 cm³/mol. The Morgan fingerprint density at radius 1 is 0.692 bits per heavy atom. The zero-order valence-electron chi connectivity index (χ0n) is 16.8. The van der Waals surface area contributed by atoms with Gasteiger partial charge >= 0.3 is 0 Å². The van der Waals surface area contributed by atoms with E-state index in [1.54, 1.807) is 0 Å². The van der Waals surface area contributed by atoms with Crippen molar-refractivity contribution in [2.75, 3.05) is 13.2 Å². The molecule has 0 N–H and O–H groups in total. The molecule has 0 radical (unpaired) electrons. The van der Waals surface area contributed by atoms with Crippen molar-refractivity contribution in [2.24, 2.45) is 10.8 Å². The highest BCUT2D eigenvalue weighted by Crippen LogP contribution is 2.28. The van der Waals surface area contributed by atoms with Crippen LogP contribution in [0.4, 0.5) is 0 Å². The Bertz CT molecular complexity index is 780. The summed E-state index contributed by atoms with van der Waals surface area (Å²) in [5, 5.41) is 0. The van der Waals surface area contributed by atoms with Gasteiger partial charge in [0.2, 0.25) is 0 Å². The first-order chi connectivity index (χ1) is 11.4. The van der Waals surface area contributed by atoms with E-state index < -0.39 is 20.2 Å². The minimum Gasteiger partial charge on any atom is -0.266 e. The van der Waals surface area contributed by atoms with Crippen molar-refractivity contribution >= 4 is 20.2 Å². The molecule has 1 aromatic rings. The zero-order chi connectivity index (χ0) is 20.6. The van der Waals surface area contributed by atoms with Crippen LogP contribution in [0.5, 0.6) is 0 Å². The van der Waals surface area contributed by atoms with Gasteiger partial charge in [0.15, 0.2) is 0 Å². The second-order valence-electron chi connectivity index (χ2n) is 8.94. The van der Waals surface area contributed by atoms with E-state index in [4.69, 9.17) is 8.37 Å². The highest BCUT2D eigenvalue weighted by molar-refractivity contribution is 7.87. The summed E-state index contributed by atoms with van der Waals surface area (Å²) in [5.41, 5.74) is -0.0508. The first kappa shape index (κ1) is 23.1. The molecule has 0 heterocycles. The number of benzene rings is 1. The van der Waals surface area contributed by atoms with Crippen LogP contribution >= 0.6 is 0 Å². The van der Waals surface area contributed by atoms with E-state index in [1.807, 2.05) is 41.5 Å². The summed E-state index contributed by atoms with van der Waals surface area (Å²) in [6.07, 6.45) is 0. The molecule has 0 saturated heterocycles. The van der Waals surface area contributed by atoms with Gasteiger partial charge in [0.25, 0.3) is 20.2 Å². The predicted octanol–water partition coefficient (Wildman–Crippen LogP) is 3.81. The summed E-state index contributed by atoms with van der Waals surface area (Å²) in [4.78, 5) is -0.0666. The Morgan fingerprint density at radius 2 is 0.962 bits per heavy atom. The summed E-state index contributed by atoms with van der Waals surface area (Å²) in [7, 11) is -7.96. The summed E-state index contributed by atoms with van der Waals surface area (Å²) in [6.45, 7) is 14.3. The molecule has 0 aliphatic rings. The van der Waals surface area contributed by atoms with E-state index in [9.17, 15) is 16.8 Å². The molecule has 0 amide bonds. The fraction of sp³-hybridized carbons (Fsp3) is 0.667. The van der Waals surface area contributed by atoms with Gasteiger partial charge in [-0.3, -0.25) is 8.37 Å². The quantitative estimate of drug-likeness (QED) is 0.668. The van der Waals surface area contributed by atoms with E-state index >= 15 is 0 Å². The zero-order valence-corrected chi connectivity index (χ0v) is 18.5. The van der Waals surface area contributed by atoms with Crippen molar-refractivity contribution in [3.8, 4) is 0 Å². The Hall–Kier alpha value is -0.960.